The fourth-order valence-corrected chi connectivity index (χ4v) is 3.95. The van der Waals surface area contributed by atoms with E-state index in [0.29, 0.717) is 38.6 Å². The summed E-state index contributed by atoms with van der Waals surface area (Å²) in [6.45, 7) is 7.30. The van der Waals surface area contributed by atoms with Crippen molar-refractivity contribution < 1.29 is 17.6 Å². The lowest BCUT2D eigenvalue weighted by Gasteiger charge is -2.36. The summed E-state index contributed by atoms with van der Waals surface area (Å²) in [5.74, 6) is 0.122. The molecule has 1 saturated heterocycles. The maximum absolute atomic E-state index is 13.0. The Bertz CT molecular complexity index is 714. The van der Waals surface area contributed by atoms with Gasteiger partial charge in [-0.15, -0.1) is 0 Å². The van der Waals surface area contributed by atoms with E-state index in [0.717, 1.165) is 12.1 Å². The van der Waals surface area contributed by atoms with Crippen LogP contribution in [-0.4, -0.2) is 69.1 Å². The first-order valence-corrected chi connectivity index (χ1v) is 11.2. The molecule has 152 valence electrons. The third kappa shape index (κ3) is 6.77. The van der Waals surface area contributed by atoms with Crippen molar-refractivity contribution in [2.75, 3.05) is 50.4 Å². The minimum atomic E-state index is -3.31. The van der Waals surface area contributed by atoms with Gasteiger partial charge in [0.15, 0.2) is 0 Å². The SMILES string of the molecule is CC(C)CCN(CCC(=O)N1CCN(c2ccc(F)cc2)CC1)S(C)(=O)=O. The van der Waals surface area contributed by atoms with E-state index < -0.39 is 10.0 Å². The maximum atomic E-state index is 13.0. The Hall–Kier alpha value is -1.67. The number of sulfonamides is 1. The zero-order valence-electron chi connectivity index (χ0n) is 16.4. The highest BCUT2D eigenvalue weighted by atomic mass is 32.2. The summed E-state index contributed by atoms with van der Waals surface area (Å²) in [5.41, 5.74) is 0.945. The molecule has 1 fully saturated rings. The number of rotatable bonds is 8. The van der Waals surface area contributed by atoms with Crippen molar-refractivity contribution in [3.63, 3.8) is 0 Å². The molecule has 2 rings (SSSR count). The lowest BCUT2D eigenvalue weighted by atomic mass is 10.1. The molecule has 0 N–H and O–H groups in total. The third-order valence-electron chi connectivity index (χ3n) is 4.82. The molecular formula is C19H30FN3O3S. The van der Waals surface area contributed by atoms with Crippen LogP contribution in [0.3, 0.4) is 0 Å². The first kappa shape index (κ1) is 21.6. The highest BCUT2D eigenvalue weighted by Crippen LogP contribution is 2.17. The van der Waals surface area contributed by atoms with Crippen LogP contribution in [0.15, 0.2) is 24.3 Å². The van der Waals surface area contributed by atoms with Gasteiger partial charge in [0.25, 0.3) is 0 Å². The lowest BCUT2D eigenvalue weighted by molar-refractivity contribution is -0.131. The second-order valence-electron chi connectivity index (χ2n) is 7.44. The molecule has 0 aromatic heterocycles. The van der Waals surface area contributed by atoms with Crippen LogP contribution >= 0.6 is 0 Å². The van der Waals surface area contributed by atoms with Crippen LogP contribution in [-0.2, 0) is 14.8 Å². The molecule has 1 aromatic rings. The van der Waals surface area contributed by atoms with Crippen molar-refractivity contribution in [2.24, 2.45) is 5.92 Å². The molecule has 1 heterocycles. The number of anilines is 1. The summed E-state index contributed by atoms with van der Waals surface area (Å²) in [4.78, 5) is 16.4. The van der Waals surface area contributed by atoms with Crippen molar-refractivity contribution >= 4 is 21.6 Å². The minimum absolute atomic E-state index is 0.0213. The number of hydrogen-bond donors (Lipinski definition) is 0. The smallest absolute Gasteiger partial charge is 0.224 e. The lowest BCUT2D eigenvalue weighted by Crippen LogP contribution is -2.49. The van der Waals surface area contributed by atoms with Gasteiger partial charge < -0.3 is 9.80 Å². The highest BCUT2D eigenvalue weighted by Gasteiger charge is 2.23. The number of amides is 1. The Morgan fingerprint density at radius 1 is 1.11 bits per heavy atom. The van der Waals surface area contributed by atoms with Crippen LogP contribution in [0.4, 0.5) is 10.1 Å². The molecular weight excluding hydrogens is 369 g/mol. The molecule has 0 bridgehead atoms. The molecule has 6 nitrogen and oxygen atoms in total. The van der Waals surface area contributed by atoms with E-state index in [1.54, 1.807) is 17.0 Å². The van der Waals surface area contributed by atoms with Gasteiger partial charge in [0.1, 0.15) is 5.82 Å². The molecule has 8 heteroatoms. The van der Waals surface area contributed by atoms with Crippen LogP contribution in [0.2, 0.25) is 0 Å². The third-order valence-corrected chi connectivity index (χ3v) is 6.13. The standard InChI is InChI=1S/C19H30FN3O3S/c1-16(2)8-10-23(27(3,25)26)11-9-19(24)22-14-12-21(13-15-22)18-6-4-17(20)5-7-18/h4-7,16H,8-15H2,1-3H3. The van der Waals surface area contributed by atoms with Crippen LogP contribution in [0.1, 0.15) is 26.7 Å². The predicted octanol–water partition coefficient (Wildman–Crippen LogP) is 2.17. The molecule has 0 radical (unpaired) electrons. The monoisotopic (exact) mass is 399 g/mol. The van der Waals surface area contributed by atoms with E-state index in [-0.39, 0.29) is 24.7 Å². The maximum Gasteiger partial charge on any atom is 0.224 e. The van der Waals surface area contributed by atoms with Gasteiger partial charge in [-0.1, -0.05) is 13.8 Å². The molecule has 0 spiro atoms. The molecule has 1 amide bonds. The van der Waals surface area contributed by atoms with E-state index >= 15 is 0 Å². The normalized spacial score (nSPS) is 15.6. The number of hydrogen-bond acceptors (Lipinski definition) is 4. The van der Waals surface area contributed by atoms with Gasteiger partial charge in [-0.25, -0.2) is 17.1 Å². The summed E-state index contributed by atoms with van der Waals surface area (Å²) in [6, 6.07) is 6.35. The summed E-state index contributed by atoms with van der Waals surface area (Å²) in [6.07, 6.45) is 2.17. The Balaban J connectivity index is 1.83. The van der Waals surface area contributed by atoms with E-state index in [1.165, 1.54) is 22.7 Å². The molecule has 0 aliphatic carbocycles. The Labute approximate surface area is 162 Å². The van der Waals surface area contributed by atoms with Gasteiger partial charge >= 0.3 is 0 Å². The summed E-state index contributed by atoms with van der Waals surface area (Å²) < 4.78 is 38.3. The number of piperazine rings is 1. The largest absolute Gasteiger partial charge is 0.368 e. The number of carbonyl (C=O) groups is 1. The van der Waals surface area contributed by atoms with Crippen LogP contribution in [0.5, 0.6) is 0 Å². The van der Waals surface area contributed by atoms with E-state index in [2.05, 4.69) is 4.90 Å². The Morgan fingerprint density at radius 2 is 1.70 bits per heavy atom. The highest BCUT2D eigenvalue weighted by molar-refractivity contribution is 7.88. The molecule has 1 aliphatic rings. The minimum Gasteiger partial charge on any atom is -0.368 e. The summed E-state index contributed by atoms with van der Waals surface area (Å²) >= 11 is 0. The fourth-order valence-electron chi connectivity index (χ4n) is 3.09. The van der Waals surface area contributed by atoms with Crippen molar-refractivity contribution in [1.29, 1.82) is 0 Å². The molecule has 0 saturated carbocycles. The predicted molar refractivity (Wildman–Crippen MR) is 106 cm³/mol. The zero-order chi connectivity index (χ0) is 20.0. The van der Waals surface area contributed by atoms with Gasteiger partial charge in [0.05, 0.1) is 6.26 Å². The van der Waals surface area contributed by atoms with Crippen LogP contribution < -0.4 is 4.90 Å². The van der Waals surface area contributed by atoms with Gasteiger partial charge in [-0.3, -0.25) is 4.79 Å². The molecule has 1 aromatic carbocycles. The van der Waals surface area contributed by atoms with Crippen molar-refractivity contribution in [2.45, 2.75) is 26.7 Å². The average Bonchev–Trinajstić information content (AvgIpc) is 2.61. The van der Waals surface area contributed by atoms with Gasteiger partial charge in [-0.05, 0) is 36.6 Å². The second-order valence-corrected chi connectivity index (χ2v) is 9.42. The van der Waals surface area contributed by atoms with Crippen molar-refractivity contribution in [3.05, 3.63) is 30.1 Å². The van der Waals surface area contributed by atoms with Crippen LogP contribution in [0.25, 0.3) is 0 Å². The number of benzene rings is 1. The molecule has 27 heavy (non-hydrogen) atoms. The summed E-state index contributed by atoms with van der Waals surface area (Å²) in [7, 11) is -3.31. The van der Waals surface area contributed by atoms with Crippen molar-refractivity contribution in [3.8, 4) is 0 Å². The summed E-state index contributed by atoms with van der Waals surface area (Å²) in [5, 5.41) is 0. The Kier molecular flexibility index (Phi) is 7.61. The number of halogens is 1. The van der Waals surface area contributed by atoms with Crippen LogP contribution in [0, 0.1) is 11.7 Å². The average molecular weight is 400 g/mol. The van der Waals surface area contributed by atoms with Gasteiger partial charge in [-0.2, -0.15) is 0 Å². The number of nitrogens with zero attached hydrogens (tertiary/aromatic N) is 3. The first-order chi connectivity index (χ1) is 12.7. The quantitative estimate of drug-likeness (QED) is 0.672. The van der Waals surface area contributed by atoms with Gasteiger partial charge in [0.2, 0.25) is 15.9 Å². The topological polar surface area (TPSA) is 60.9 Å². The molecule has 0 atom stereocenters. The molecule has 1 aliphatic heterocycles. The van der Waals surface area contributed by atoms with E-state index in [4.69, 9.17) is 0 Å². The van der Waals surface area contributed by atoms with Gasteiger partial charge in [0, 0.05) is 51.4 Å². The Morgan fingerprint density at radius 3 is 2.22 bits per heavy atom. The first-order valence-electron chi connectivity index (χ1n) is 9.40. The fraction of sp³-hybridized carbons (Fsp3) is 0.632. The molecule has 0 unspecified atom stereocenters. The number of carbonyl (C=O) groups excluding carboxylic acids is 1. The second kappa shape index (κ2) is 9.50. The zero-order valence-corrected chi connectivity index (χ0v) is 17.2. The van der Waals surface area contributed by atoms with Crippen molar-refractivity contribution in [1.82, 2.24) is 9.21 Å². The van der Waals surface area contributed by atoms with E-state index in [9.17, 15) is 17.6 Å². The van der Waals surface area contributed by atoms with E-state index in [1.807, 2.05) is 13.8 Å².